The summed E-state index contributed by atoms with van der Waals surface area (Å²) in [4.78, 5) is 10.9. The van der Waals surface area contributed by atoms with E-state index in [1.807, 2.05) is 12.1 Å². The first-order valence-electron chi connectivity index (χ1n) is 8.84. The molecule has 26 heavy (non-hydrogen) atoms. The molecule has 3 aromatic rings. The average Bonchev–Trinajstić information content (AvgIpc) is 2.68. The van der Waals surface area contributed by atoms with Crippen LogP contribution in [0.2, 0.25) is 0 Å². The molecule has 0 radical (unpaired) electrons. The van der Waals surface area contributed by atoms with Gasteiger partial charge in [-0.2, -0.15) is 0 Å². The fraction of sp³-hybridized carbons (Fsp3) is 0.300. The molecule has 0 aliphatic rings. The van der Waals surface area contributed by atoms with E-state index in [2.05, 4.69) is 57.4 Å². The number of nitrogen functional groups attached to an aromatic ring is 1. The van der Waals surface area contributed by atoms with Gasteiger partial charge in [0.25, 0.3) is 0 Å². The van der Waals surface area contributed by atoms with Gasteiger partial charge in [0.05, 0.1) is 5.69 Å². The third-order valence-electron chi connectivity index (χ3n) is 4.31. The van der Waals surface area contributed by atoms with Crippen molar-refractivity contribution in [1.29, 1.82) is 0 Å². The molecule has 0 unspecified atom stereocenters. The Labute approximate surface area is 154 Å². The Bertz CT molecular complexity index is 862. The molecule has 0 amide bonds. The summed E-state index contributed by atoms with van der Waals surface area (Å²) in [6.07, 6.45) is 2.44. The Morgan fingerprint density at radius 1 is 1.12 bits per heavy atom. The molecule has 2 aromatic carbocycles. The summed E-state index contributed by atoms with van der Waals surface area (Å²) in [6, 6.07) is 14.6. The van der Waals surface area contributed by atoms with Gasteiger partial charge in [-0.15, -0.1) is 0 Å². The van der Waals surface area contributed by atoms with Gasteiger partial charge in [0.2, 0.25) is 0 Å². The van der Waals surface area contributed by atoms with Crippen LogP contribution in [0.1, 0.15) is 13.3 Å². The molecule has 1 heterocycles. The molecule has 1 aromatic heterocycles. The van der Waals surface area contributed by atoms with Crippen LogP contribution < -0.4 is 16.0 Å². The molecule has 3 N–H and O–H groups in total. The third-order valence-corrected chi connectivity index (χ3v) is 4.31. The van der Waals surface area contributed by atoms with Crippen LogP contribution in [-0.2, 0) is 4.74 Å². The lowest BCUT2D eigenvalue weighted by atomic mass is 10.1. The van der Waals surface area contributed by atoms with Gasteiger partial charge in [0.15, 0.2) is 11.6 Å². The van der Waals surface area contributed by atoms with Crippen molar-refractivity contribution in [2.45, 2.75) is 13.3 Å². The first-order chi connectivity index (χ1) is 12.8. The number of anilines is 4. The van der Waals surface area contributed by atoms with Gasteiger partial charge in [0, 0.05) is 32.2 Å². The highest BCUT2D eigenvalue weighted by Crippen LogP contribution is 2.35. The van der Waals surface area contributed by atoms with Gasteiger partial charge in [-0.05, 0) is 24.8 Å². The first-order valence-corrected chi connectivity index (χ1v) is 8.84. The van der Waals surface area contributed by atoms with Crippen molar-refractivity contribution in [3.8, 4) is 0 Å². The van der Waals surface area contributed by atoms with Crippen molar-refractivity contribution >= 4 is 33.8 Å². The quantitative estimate of drug-likeness (QED) is 0.601. The number of hydrogen-bond acceptors (Lipinski definition) is 6. The lowest BCUT2D eigenvalue weighted by Crippen LogP contribution is -2.20. The summed E-state index contributed by atoms with van der Waals surface area (Å²) in [6.45, 7) is 4.28. The lowest BCUT2D eigenvalue weighted by Gasteiger charge is -2.25. The van der Waals surface area contributed by atoms with E-state index >= 15 is 0 Å². The van der Waals surface area contributed by atoms with Gasteiger partial charge < -0.3 is 20.7 Å². The minimum atomic E-state index is 0.555. The second-order valence-corrected chi connectivity index (χ2v) is 5.98. The van der Waals surface area contributed by atoms with E-state index in [1.54, 1.807) is 13.4 Å². The van der Waals surface area contributed by atoms with Crippen molar-refractivity contribution < 1.29 is 4.74 Å². The van der Waals surface area contributed by atoms with Gasteiger partial charge in [0.1, 0.15) is 12.0 Å². The first kappa shape index (κ1) is 17.9. The zero-order chi connectivity index (χ0) is 18.4. The number of benzene rings is 2. The Kier molecular flexibility index (Phi) is 5.86. The van der Waals surface area contributed by atoms with Crippen molar-refractivity contribution in [2.24, 2.45) is 0 Å². The largest absolute Gasteiger partial charge is 0.393 e. The summed E-state index contributed by atoms with van der Waals surface area (Å²) < 4.78 is 5.08. The average molecular weight is 351 g/mol. The van der Waals surface area contributed by atoms with Gasteiger partial charge in [-0.3, -0.25) is 0 Å². The molecule has 0 aliphatic heterocycles. The number of nitrogens with one attached hydrogen (secondary N) is 1. The van der Waals surface area contributed by atoms with E-state index in [1.165, 1.54) is 10.8 Å². The number of hydrogen-bond donors (Lipinski definition) is 2. The van der Waals surface area contributed by atoms with E-state index in [0.717, 1.165) is 25.2 Å². The summed E-state index contributed by atoms with van der Waals surface area (Å²) in [7, 11) is 1.69. The SMILES string of the molecule is CCN(c1ncnc(NCCCOC)c1N)c1cccc2ccccc12. The predicted octanol–water partition coefficient (Wildman–Crippen LogP) is 3.82. The minimum Gasteiger partial charge on any atom is -0.393 e. The fourth-order valence-electron chi connectivity index (χ4n) is 3.04. The van der Waals surface area contributed by atoms with Crippen LogP contribution in [0.4, 0.5) is 23.0 Å². The van der Waals surface area contributed by atoms with E-state index < -0.39 is 0 Å². The number of ether oxygens (including phenoxy) is 1. The van der Waals surface area contributed by atoms with Crippen molar-refractivity contribution in [1.82, 2.24) is 9.97 Å². The van der Waals surface area contributed by atoms with Crippen molar-refractivity contribution in [2.75, 3.05) is 42.8 Å². The standard InChI is InChI=1S/C20H25N5O/c1-3-25(17-11-6-9-15-8-4-5-10-16(15)17)20-18(21)19(23-14-24-20)22-12-7-13-26-2/h4-6,8-11,14H,3,7,12-13,21H2,1-2H3,(H,22,23,24). The predicted molar refractivity (Wildman–Crippen MR) is 108 cm³/mol. The smallest absolute Gasteiger partial charge is 0.161 e. The van der Waals surface area contributed by atoms with Crippen molar-refractivity contribution in [3.63, 3.8) is 0 Å². The molecule has 6 heteroatoms. The molecule has 0 bridgehead atoms. The highest BCUT2D eigenvalue weighted by atomic mass is 16.5. The monoisotopic (exact) mass is 351 g/mol. The Hall–Kier alpha value is -2.86. The Morgan fingerprint density at radius 2 is 1.92 bits per heavy atom. The molecule has 0 fully saturated rings. The summed E-state index contributed by atoms with van der Waals surface area (Å²) >= 11 is 0. The van der Waals surface area contributed by atoms with Crippen molar-refractivity contribution in [3.05, 3.63) is 48.8 Å². The summed E-state index contributed by atoms with van der Waals surface area (Å²) in [5.74, 6) is 1.37. The van der Waals surface area contributed by atoms with Gasteiger partial charge in [-0.1, -0.05) is 36.4 Å². The van der Waals surface area contributed by atoms with Crippen LogP contribution in [-0.4, -0.2) is 36.8 Å². The second-order valence-electron chi connectivity index (χ2n) is 5.98. The highest BCUT2D eigenvalue weighted by molar-refractivity contribution is 5.97. The highest BCUT2D eigenvalue weighted by Gasteiger charge is 2.17. The zero-order valence-electron chi connectivity index (χ0n) is 15.3. The Morgan fingerprint density at radius 3 is 2.73 bits per heavy atom. The van der Waals surface area contributed by atoms with E-state index in [0.29, 0.717) is 23.9 Å². The molecular formula is C20H25N5O. The molecule has 0 saturated carbocycles. The Balaban J connectivity index is 1.95. The lowest BCUT2D eigenvalue weighted by molar-refractivity contribution is 0.198. The molecule has 0 saturated heterocycles. The normalized spacial score (nSPS) is 10.8. The van der Waals surface area contributed by atoms with Gasteiger partial charge >= 0.3 is 0 Å². The number of rotatable bonds is 8. The van der Waals surface area contributed by atoms with Crippen LogP contribution in [0.15, 0.2) is 48.8 Å². The second kappa shape index (κ2) is 8.49. The number of nitrogens with two attached hydrogens (primary N) is 1. The van der Waals surface area contributed by atoms with Crippen LogP contribution in [0.25, 0.3) is 10.8 Å². The molecule has 0 spiro atoms. The number of aromatic nitrogens is 2. The molecular weight excluding hydrogens is 326 g/mol. The fourth-order valence-corrected chi connectivity index (χ4v) is 3.04. The maximum Gasteiger partial charge on any atom is 0.161 e. The maximum atomic E-state index is 6.40. The summed E-state index contributed by atoms with van der Waals surface area (Å²) in [5.41, 5.74) is 8.04. The topological polar surface area (TPSA) is 76.3 Å². The van der Waals surface area contributed by atoms with E-state index in [-0.39, 0.29) is 0 Å². The number of methoxy groups -OCH3 is 1. The third kappa shape index (κ3) is 3.70. The molecule has 0 atom stereocenters. The van der Waals surface area contributed by atoms with Crippen LogP contribution in [0.3, 0.4) is 0 Å². The maximum absolute atomic E-state index is 6.40. The number of fused-ring (bicyclic) bond motifs is 1. The van der Waals surface area contributed by atoms with Gasteiger partial charge in [-0.25, -0.2) is 9.97 Å². The summed E-state index contributed by atoms with van der Waals surface area (Å²) in [5, 5.41) is 5.63. The number of nitrogens with zero attached hydrogens (tertiary/aromatic N) is 3. The van der Waals surface area contributed by atoms with E-state index in [4.69, 9.17) is 10.5 Å². The minimum absolute atomic E-state index is 0.555. The van der Waals surface area contributed by atoms with Crippen LogP contribution in [0, 0.1) is 0 Å². The molecule has 0 aliphatic carbocycles. The molecule has 3 rings (SSSR count). The molecule has 136 valence electrons. The van der Waals surface area contributed by atoms with Crippen LogP contribution in [0.5, 0.6) is 0 Å². The van der Waals surface area contributed by atoms with E-state index in [9.17, 15) is 0 Å². The van der Waals surface area contributed by atoms with Crippen LogP contribution >= 0.6 is 0 Å². The molecule has 6 nitrogen and oxygen atoms in total. The zero-order valence-corrected chi connectivity index (χ0v) is 15.3.